The maximum absolute atomic E-state index is 11.3. The minimum absolute atomic E-state index is 0.271. The Hall–Kier alpha value is -1.95. The number of carbonyl (C=O) groups excluding carboxylic acids is 1. The molecule has 4 N–H and O–H groups in total. The van der Waals surface area contributed by atoms with Gasteiger partial charge in [-0.15, -0.1) is 11.8 Å². The molecule has 0 aliphatic heterocycles. The van der Waals surface area contributed by atoms with Crippen LogP contribution < -0.4 is 11.5 Å². The molecule has 0 aliphatic carbocycles. The molecule has 1 amide bonds. The molecule has 0 unspecified atom stereocenters. The van der Waals surface area contributed by atoms with Gasteiger partial charge in [-0.1, -0.05) is 18.2 Å². The van der Waals surface area contributed by atoms with Crippen molar-refractivity contribution < 1.29 is 4.79 Å². The molecule has 1 aromatic heterocycles. The lowest BCUT2D eigenvalue weighted by molar-refractivity contribution is 0.0998. The molecule has 1 heterocycles. The molecule has 2 aromatic rings. The van der Waals surface area contributed by atoms with E-state index in [2.05, 4.69) is 5.10 Å². The van der Waals surface area contributed by atoms with Crippen LogP contribution in [0, 0.1) is 0 Å². The van der Waals surface area contributed by atoms with Gasteiger partial charge in [0.2, 0.25) is 0 Å². The average molecular weight is 248 g/mol. The quantitative estimate of drug-likeness (QED) is 0.801. The van der Waals surface area contributed by atoms with Crippen LogP contribution in [0.5, 0.6) is 0 Å². The molecule has 0 bridgehead atoms. The number of hydrogen-bond donors (Lipinski definition) is 2. The Labute approximate surface area is 103 Å². The van der Waals surface area contributed by atoms with E-state index < -0.39 is 5.91 Å². The predicted molar refractivity (Wildman–Crippen MR) is 68.3 cm³/mol. The molecular weight excluding hydrogens is 236 g/mol. The Morgan fingerprint density at radius 2 is 2.00 bits per heavy atom. The Balaban J connectivity index is 2.61. The Morgan fingerprint density at radius 3 is 2.47 bits per heavy atom. The third-order valence-corrected chi connectivity index (χ3v) is 3.00. The van der Waals surface area contributed by atoms with Crippen molar-refractivity contribution in [3.05, 3.63) is 35.9 Å². The lowest BCUT2D eigenvalue weighted by atomic mass is 10.3. The monoisotopic (exact) mass is 248 g/mol. The van der Waals surface area contributed by atoms with Crippen LogP contribution in [-0.2, 0) is 0 Å². The van der Waals surface area contributed by atoms with Crippen molar-refractivity contribution in [1.82, 2.24) is 9.78 Å². The number of rotatable bonds is 3. The van der Waals surface area contributed by atoms with E-state index in [9.17, 15) is 4.79 Å². The molecule has 1 aromatic carbocycles. The fourth-order valence-electron chi connectivity index (χ4n) is 1.55. The van der Waals surface area contributed by atoms with Gasteiger partial charge in [0.05, 0.1) is 5.69 Å². The van der Waals surface area contributed by atoms with Crippen molar-refractivity contribution in [3.8, 4) is 5.69 Å². The SMILES string of the molecule is CSc1nn(-c2ccccc2)c(N)c1C(N)=O. The maximum Gasteiger partial charge on any atom is 0.255 e. The first-order valence-corrected chi connectivity index (χ1v) is 6.15. The van der Waals surface area contributed by atoms with E-state index in [1.807, 2.05) is 36.6 Å². The number of primary amides is 1. The van der Waals surface area contributed by atoms with Crippen LogP contribution in [0.25, 0.3) is 5.69 Å². The zero-order valence-corrected chi connectivity index (χ0v) is 10.1. The molecule has 2 rings (SSSR count). The second kappa shape index (κ2) is 4.50. The normalized spacial score (nSPS) is 10.4. The van der Waals surface area contributed by atoms with E-state index in [1.165, 1.54) is 16.4 Å². The van der Waals surface area contributed by atoms with E-state index in [4.69, 9.17) is 11.5 Å². The Kier molecular flexibility index (Phi) is 3.06. The highest BCUT2D eigenvalue weighted by Crippen LogP contribution is 2.26. The van der Waals surface area contributed by atoms with E-state index in [0.29, 0.717) is 5.03 Å². The van der Waals surface area contributed by atoms with Crippen molar-refractivity contribution in [1.29, 1.82) is 0 Å². The summed E-state index contributed by atoms with van der Waals surface area (Å²) < 4.78 is 1.52. The summed E-state index contributed by atoms with van der Waals surface area (Å²) in [6.07, 6.45) is 1.82. The van der Waals surface area contributed by atoms with Gasteiger partial charge in [-0.05, 0) is 18.4 Å². The van der Waals surface area contributed by atoms with Gasteiger partial charge in [-0.2, -0.15) is 5.10 Å². The highest BCUT2D eigenvalue weighted by atomic mass is 32.2. The minimum Gasteiger partial charge on any atom is -0.383 e. The maximum atomic E-state index is 11.3. The van der Waals surface area contributed by atoms with Crippen molar-refractivity contribution >= 4 is 23.5 Å². The first-order chi connectivity index (χ1) is 8.15. The summed E-state index contributed by atoms with van der Waals surface area (Å²) >= 11 is 1.34. The van der Waals surface area contributed by atoms with Crippen molar-refractivity contribution in [2.75, 3.05) is 12.0 Å². The fraction of sp³-hybridized carbons (Fsp3) is 0.0909. The molecule has 88 valence electrons. The molecule has 0 fully saturated rings. The van der Waals surface area contributed by atoms with Crippen molar-refractivity contribution in [2.45, 2.75) is 5.03 Å². The molecule has 0 saturated heterocycles. The van der Waals surface area contributed by atoms with Crippen LogP contribution >= 0.6 is 11.8 Å². The first-order valence-electron chi connectivity index (χ1n) is 4.93. The van der Waals surface area contributed by atoms with Gasteiger partial charge in [-0.3, -0.25) is 4.79 Å². The van der Waals surface area contributed by atoms with Crippen molar-refractivity contribution in [2.24, 2.45) is 5.73 Å². The second-order valence-corrected chi connectivity index (χ2v) is 4.18. The predicted octanol–water partition coefficient (Wildman–Crippen LogP) is 1.28. The molecule has 0 radical (unpaired) electrons. The summed E-state index contributed by atoms with van der Waals surface area (Å²) in [5, 5.41) is 4.81. The highest BCUT2D eigenvalue weighted by molar-refractivity contribution is 7.98. The van der Waals surface area contributed by atoms with E-state index in [0.717, 1.165) is 5.69 Å². The molecule has 0 aliphatic rings. The van der Waals surface area contributed by atoms with Gasteiger partial charge < -0.3 is 11.5 Å². The Bertz CT molecular complexity index is 550. The molecule has 0 spiro atoms. The number of nitrogen functional groups attached to an aromatic ring is 1. The van der Waals surface area contributed by atoms with E-state index in [1.54, 1.807) is 0 Å². The highest BCUT2D eigenvalue weighted by Gasteiger charge is 2.20. The van der Waals surface area contributed by atoms with E-state index in [-0.39, 0.29) is 11.4 Å². The number of carbonyl (C=O) groups is 1. The molecule has 17 heavy (non-hydrogen) atoms. The van der Waals surface area contributed by atoms with Crippen LogP contribution in [0.4, 0.5) is 5.82 Å². The molecule has 0 saturated carbocycles. The summed E-state index contributed by atoms with van der Waals surface area (Å²) in [4.78, 5) is 11.3. The molecular formula is C11H12N4OS. The first kappa shape index (κ1) is 11.5. The molecule has 0 atom stereocenters. The second-order valence-electron chi connectivity index (χ2n) is 3.38. The zero-order valence-electron chi connectivity index (χ0n) is 9.25. The smallest absolute Gasteiger partial charge is 0.255 e. The topological polar surface area (TPSA) is 86.9 Å². The van der Waals surface area contributed by atoms with Crippen LogP contribution in [0.1, 0.15) is 10.4 Å². The lowest BCUT2D eigenvalue weighted by Gasteiger charge is -2.02. The number of aromatic nitrogens is 2. The number of nitrogens with two attached hydrogens (primary N) is 2. The van der Waals surface area contributed by atoms with Gasteiger partial charge in [0.1, 0.15) is 16.4 Å². The van der Waals surface area contributed by atoms with Gasteiger partial charge >= 0.3 is 0 Å². The summed E-state index contributed by atoms with van der Waals surface area (Å²) in [7, 11) is 0. The van der Waals surface area contributed by atoms with Crippen LogP contribution in [0.15, 0.2) is 35.4 Å². The number of hydrogen-bond acceptors (Lipinski definition) is 4. The van der Waals surface area contributed by atoms with Gasteiger partial charge in [-0.25, -0.2) is 4.68 Å². The number of anilines is 1. The molecule has 5 nitrogen and oxygen atoms in total. The standard InChI is InChI=1S/C11H12N4OS/c1-17-11-8(10(13)16)9(12)15(14-11)7-5-3-2-4-6-7/h2-6H,12H2,1H3,(H2,13,16). The van der Waals surface area contributed by atoms with Crippen molar-refractivity contribution in [3.63, 3.8) is 0 Å². The third-order valence-electron chi connectivity index (χ3n) is 2.33. The van der Waals surface area contributed by atoms with Crippen LogP contribution in [-0.4, -0.2) is 21.9 Å². The van der Waals surface area contributed by atoms with Gasteiger partial charge in [0, 0.05) is 0 Å². The summed E-state index contributed by atoms with van der Waals surface area (Å²) in [5.41, 5.74) is 12.3. The number of thioether (sulfide) groups is 1. The largest absolute Gasteiger partial charge is 0.383 e. The third kappa shape index (κ3) is 1.99. The molecule has 6 heteroatoms. The van der Waals surface area contributed by atoms with Gasteiger partial charge in [0.15, 0.2) is 0 Å². The number of amides is 1. The fourth-order valence-corrected chi connectivity index (χ4v) is 2.12. The summed E-state index contributed by atoms with van der Waals surface area (Å²) in [6, 6.07) is 9.36. The Morgan fingerprint density at radius 1 is 1.35 bits per heavy atom. The summed E-state index contributed by atoms with van der Waals surface area (Å²) in [5.74, 6) is -0.290. The number of nitrogens with zero attached hydrogens (tertiary/aromatic N) is 2. The lowest BCUT2D eigenvalue weighted by Crippen LogP contribution is -2.14. The number of benzene rings is 1. The van der Waals surface area contributed by atoms with Crippen LogP contribution in [0.3, 0.4) is 0 Å². The summed E-state index contributed by atoms with van der Waals surface area (Å²) in [6.45, 7) is 0. The number of para-hydroxylation sites is 1. The van der Waals surface area contributed by atoms with E-state index >= 15 is 0 Å². The zero-order chi connectivity index (χ0) is 12.4. The van der Waals surface area contributed by atoms with Gasteiger partial charge in [0.25, 0.3) is 5.91 Å². The minimum atomic E-state index is -0.561. The average Bonchev–Trinajstić information content (AvgIpc) is 2.67. The van der Waals surface area contributed by atoms with Crippen LogP contribution in [0.2, 0.25) is 0 Å².